The van der Waals surface area contributed by atoms with E-state index in [4.69, 9.17) is 28.3 Å². The van der Waals surface area contributed by atoms with Crippen molar-refractivity contribution in [2.75, 3.05) is 19.7 Å². The van der Waals surface area contributed by atoms with Crippen LogP contribution in [0.15, 0.2) is 36.4 Å². The number of rotatable bonds is 7. The highest BCUT2D eigenvalue weighted by molar-refractivity contribution is 6.33. The van der Waals surface area contributed by atoms with Crippen molar-refractivity contribution >= 4 is 45.0 Å². The zero-order valence-electron chi connectivity index (χ0n) is 13.2. The molecule has 24 heavy (non-hydrogen) atoms. The molecule has 0 unspecified atom stereocenters. The molecular weight excluding hydrogens is 347 g/mol. The number of aromatic nitrogens is 1. The monoisotopic (exact) mass is 366 g/mol. The molecule has 6 heteroatoms. The number of hydrogen-bond acceptors (Lipinski definition) is 3. The number of fused-ring (bicyclic) bond motifs is 3. The van der Waals surface area contributed by atoms with Gasteiger partial charge in [0.05, 0.1) is 12.6 Å². The minimum absolute atomic E-state index is 0.150. The smallest absolute Gasteiger partial charge is 0.0843 e. The molecule has 3 aromatic rings. The summed E-state index contributed by atoms with van der Waals surface area (Å²) in [5, 5.41) is 25.7. The number of nitrogens with one attached hydrogen (secondary N) is 1. The van der Waals surface area contributed by atoms with Gasteiger partial charge in [-0.2, -0.15) is 0 Å². The van der Waals surface area contributed by atoms with Crippen LogP contribution in [0.25, 0.3) is 21.8 Å². The largest absolute Gasteiger partial charge is 0.396 e. The normalized spacial score (nSPS) is 13.0. The molecule has 128 valence electrons. The van der Waals surface area contributed by atoms with E-state index < -0.39 is 6.10 Å². The van der Waals surface area contributed by atoms with Gasteiger partial charge in [-0.15, -0.1) is 0 Å². The van der Waals surface area contributed by atoms with Gasteiger partial charge in [-0.25, -0.2) is 0 Å². The van der Waals surface area contributed by atoms with Gasteiger partial charge in [-0.1, -0.05) is 23.2 Å². The first-order valence-electron chi connectivity index (χ1n) is 7.97. The number of benzene rings is 2. The Morgan fingerprint density at radius 3 is 2.12 bits per heavy atom. The zero-order chi connectivity index (χ0) is 17.1. The van der Waals surface area contributed by atoms with Crippen LogP contribution in [0.5, 0.6) is 0 Å². The van der Waals surface area contributed by atoms with E-state index in [0.29, 0.717) is 36.1 Å². The van der Waals surface area contributed by atoms with Crippen molar-refractivity contribution in [1.82, 2.24) is 9.88 Å². The van der Waals surface area contributed by atoms with Gasteiger partial charge >= 0.3 is 0 Å². The van der Waals surface area contributed by atoms with Gasteiger partial charge in [0.15, 0.2) is 0 Å². The Morgan fingerprint density at radius 1 is 1.00 bits per heavy atom. The molecule has 1 heterocycles. The van der Waals surface area contributed by atoms with E-state index in [-0.39, 0.29) is 6.61 Å². The molecule has 0 spiro atoms. The predicted molar refractivity (Wildman–Crippen MR) is 100 cm³/mol. The fourth-order valence-corrected chi connectivity index (χ4v) is 3.34. The van der Waals surface area contributed by atoms with E-state index >= 15 is 0 Å². The summed E-state index contributed by atoms with van der Waals surface area (Å²) in [6.07, 6.45) is 0.146. The Balaban J connectivity index is 1.93. The molecule has 1 atom stereocenters. The maximum Gasteiger partial charge on any atom is 0.0843 e. The minimum Gasteiger partial charge on any atom is -0.396 e. The van der Waals surface area contributed by atoms with Crippen LogP contribution in [0.3, 0.4) is 0 Å². The summed E-state index contributed by atoms with van der Waals surface area (Å²) in [5.74, 6) is 0. The molecule has 2 aromatic carbocycles. The minimum atomic E-state index is -0.533. The van der Waals surface area contributed by atoms with Crippen LogP contribution < -0.4 is 5.32 Å². The van der Waals surface area contributed by atoms with Gasteiger partial charge in [-0.05, 0) is 49.4 Å². The van der Waals surface area contributed by atoms with Crippen LogP contribution in [0.1, 0.15) is 6.42 Å². The summed E-state index contributed by atoms with van der Waals surface area (Å²) in [5.41, 5.74) is 2.04. The lowest BCUT2D eigenvalue weighted by molar-refractivity contribution is 0.153. The Bertz CT molecular complexity index is 789. The second-order valence-corrected chi connectivity index (χ2v) is 6.74. The molecule has 0 aliphatic carbocycles. The first-order chi connectivity index (χ1) is 11.6. The summed E-state index contributed by atoms with van der Waals surface area (Å²) in [6, 6.07) is 11.5. The third-order valence-corrected chi connectivity index (χ3v) is 4.54. The molecule has 0 aliphatic rings. The summed E-state index contributed by atoms with van der Waals surface area (Å²) in [6.45, 7) is 1.78. The second-order valence-electron chi connectivity index (χ2n) is 5.87. The molecule has 0 saturated carbocycles. The molecule has 0 amide bonds. The van der Waals surface area contributed by atoms with E-state index in [2.05, 4.69) is 9.88 Å². The molecule has 4 nitrogen and oxygen atoms in total. The quantitative estimate of drug-likeness (QED) is 0.561. The van der Waals surface area contributed by atoms with E-state index in [1.54, 1.807) is 0 Å². The van der Waals surface area contributed by atoms with Crippen LogP contribution in [-0.4, -0.2) is 40.6 Å². The summed E-state index contributed by atoms with van der Waals surface area (Å²) in [7, 11) is 0. The average molecular weight is 367 g/mol. The van der Waals surface area contributed by atoms with Crippen LogP contribution in [-0.2, 0) is 6.54 Å². The van der Waals surface area contributed by atoms with Gasteiger partial charge < -0.3 is 20.1 Å². The number of nitrogens with zero attached hydrogens (tertiary/aromatic N) is 1. The molecule has 3 rings (SSSR count). The Hall–Kier alpha value is -1.30. The molecule has 0 saturated heterocycles. The van der Waals surface area contributed by atoms with Crippen LogP contribution in [0, 0.1) is 0 Å². The highest BCUT2D eigenvalue weighted by Gasteiger charge is 2.14. The van der Waals surface area contributed by atoms with E-state index in [0.717, 1.165) is 21.8 Å². The number of halogens is 2. The van der Waals surface area contributed by atoms with E-state index in [1.807, 2.05) is 36.4 Å². The second kappa shape index (κ2) is 7.72. The Morgan fingerprint density at radius 2 is 1.58 bits per heavy atom. The SMILES string of the molecule is OCCCNC[C@H](O)Cn1c2ccc(Cl)cc2c2cc(Cl)ccc21. The lowest BCUT2D eigenvalue weighted by Gasteiger charge is -2.14. The third-order valence-electron chi connectivity index (χ3n) is 4.07. The molecule has 3 N–H and O–H groups in total. The van der Waals surface area contributed by atoms with Crippen LogP contribution in [0.4, 0.5) is 0 Å². The average Bonchev–Trinajstić information content (AvgIpc) is 2.84. The zero-order valence-corrected chi connectivity index (χ0v) is 14.7. The van der Waals surface area contributed by atoms with Gasteiger partial charge in [0.25, 0.3) is 0 Å². The first-order valence-corrected chi connectivity index (χ1v) is 8.72. The topological polar surface area (TPSA) is 57.4 Å². The summed E-state index contributed by atoms with van der Waals surface area (Å²) in [4.78, 5) is 0. The highest BCUT2D eigenvalue weighted by Crippen LogP contribution is 2.32. The van der Waals surface area contributed by atoms with Gasteiger partial charge in [0.1, 0.15) is 0 Å². The fraction of sp³-hybridized carbons (Fsp3) is 0.333. The van der Waals surface area contributed by atoms with E-state index in [1.165, 1.54) is 0 Å². The number of aliphatic hydroxyl groups is 2. The lowest BCUT2D eigenvalue weighted by Crippen LogP contribution is -2.31. The molecule has 0 aliphatic heterocycles. The fourth-order valence-electron chi connectivity index (χ4n) is 2.99. The third kappa shape index (κ3) is 3.68. The molecule has 1 aromatic heterocycles. The molecule has 0 bridgehead atoms. The maximum atomic E-state index is 10.4. The van der Waals surface area contributed by atoms with Crippen molar-refractivity contribution in [3.8, 4) is 0 Å². The lowest BCUT2D eigenvalue weighted by atomic mass is 10.1. The van der Waals surface area contributed by atoms with Crippen molar-refractivity contribution in [2.24, 2.45) is 0 Å². The van der Waals surface area contributed by atoms with Crippen LogP contribution in [0.2, 0.25) is 10.0 Å². The van der Waals surface area contributed by atoms with Crippen molar-refractivity contribution in [2.45, 2.75) is 19.1 Å². The van der Waals surface area contributed by atoms with Crippen molar-refractivity contribution < 1.29 is 10.2 Å². The van der Waals surface area contributed by atoms with Crippen molar-refractivity contribution in [3.63, 3.8) is 0 Å². The van der Waals surface area contributed by atoms with E-state index in [9.17, 15) is 5.11 Å². The molecule has 0 radical (unpaired) electrons. The predicted octanol–water partition coefficient (Wildman–Crippen LogP) is 3.43. The summed E-state index contributed by atoms with van der Waals surface area (Å²) >= 11 is 12.3. The number of aliphatic hydroxyl groups excluding tert-OH is 2. The first kappa shape index (κ1) is 17.5. The Kier molecular flexibility index (Phi) is 5.64. The molecular formula is C18H20Cl2N2O2. The van der Waals surface area contributed by atoms with Gasteiger partial charge in [0, 0.05) is 45.0 Å². The standard InChI is InChI=1S/C18H20Cl2N2O2/c19-12-2-4-17-15(8-12)16-9-13(20)3-5-18(16)22(17)11-14(24)10-21-6-1-7-23/h2-5,8-9,14,21,23-24H,1,6-7,10-11H2/t14-/m0/s1. The highest BCUT2D eigenvalue weighted by atomic mass is 35.5. The molecule has 0 fully saturated rings. The van der Waals surface area contributed by atoms with Crippen molar-refractivity contribution in [3.05, 3.63) is 46.4 Å². The maximum absolute atomic E-state index is 10.4. The van der Waals surface area contributed by atoms with Crippen LogP contribution >= 0.6 is 23.2 Å². The Labute approximate surface area is 150 Å². The van der Waals surface area contributed by atoms with Crippen molar-refractivity contribution in [1.29, 1.82) is 0 Å². The van der Waals surface area contributed by atoms with Gasteiger partial charge in [0.2, 0.25) is 0 Å². The number of hydrogen-bond donors (Lipinski definition) is 3. The summed E-state index contributed by atoms with van der Waals surface area (Å²) < 4.78 is 2.09. The van der Waals surface area contributed by atoms with Gasteiger partial charge in [-0.3, -0.25) is 0 Å².